The summed E-state index contributed by atoms with van der Waals surface area (Å²) in [4.78, 5) is 0. The van der Waals surface area contributed by atoms with Gasteiger partial charge in [-0.2, -0.15) is 0 Å². The molecule has 0 aliphatic heterocycles. The Balaban J connectivity index is 1.53. The molecule has 0 aromatic carbocycles. The summed E-state index contributed by atoms with van der Waals surface area (Å²) < 4.78 is 0. The minimum Gasteiger partial charge on any atom is -0.396 e. The number of hydrogen-bond donors (Lipinski definition) is 4. The van der Waals surface area contributed by atoms with Crippen molar-refractivity contribution in [1.82, 2.24) is 0 Å². The summed E-state index contributed by atoms with van der Waals surface area (Å²) in [6, 6.07) is 0. The molecule has 0 spiro atoms. The maximum atomic E-state index is 11.2. The molecule has 31 heavy (non-hydrogen) atoms. The van der Waals surface area contributed by atoms with E-state index in [1.807, 2.05) is 6.92 Å². The van der Waals surface area contributed by atoms with Gasteiger partial charge in [-0.25, -0.2) is 0 Å². The van der Waals surface area contributed by atoms with Crippen molar-refractivity contribution in [3.8, 4) is 0 Å². The van der Waals surface area contributed by atoms with Gasteiger partial charge in [0.1, 0.15) is 0 Å². The highest BCUT2D eigenvalue weighted by atomic mass is 16.3. The van der Waals surface area contributed by atoms with Crippen molar-refractivity contribution < 1.29 is 20.4 Å². The standard InChI is InChI=1S/C27H46O4/c1-16(15-28)5-8-23(30)17(2)25-24(31)14-22-20-7-6-18-13-19(29)9-11-26(18,3)21(20)10-12-27(22,25)4/h6,16-17,19-25,28-31H,5,7-15H2,1-4H3/t16?,17-,19+,20-,21+,22+,23-,24-,25+,26+,27+/m1/s1. The second-order valence-corrected chi connectivity index (χ2v) is 12.3. The Labute approximate surface area is 189 Å². The van der Waals surface area contributed by atoms with Gasteiger partial charge in [-0.15, -0.1) is 0 Å². The molecule has 3 fully saturated rings. The quantitative estimate of drug-likeness (QED) is 0.470. The largest absolute Gasteiger partial charge is 0.396 e. The second kappa shape index (κ2) is 8.74. The average molecular weight is 435 g/mol. The van der Waals surface area contributed by atoms with Gasteiger partial charge in [-0.1, -0.05) is 39.3 Å². The van der Waals surface area contributed by atoms with E-state index in [2.05, 4.69) is 26.8 Å². The highest BCUT2D eigenvalue weighted by molar-refractivity contribution is 5.25. The van der Waals surface area contributed by atoms with E-state index in [4.69, 9.17) is 0 Å². The number of rotatable bonds is 6. The fourth-order valence-corrected chi connectivity index (χ4v) is 8.69. The van der Waals surface area contributed by atoms with Crippen LogP contribution in [-0.4, -0.2) is 45.3 Å². The van der Waals surface area contributed by atoms with Gasteiger partial charge in [0.15, 0.2) is 0 Å². The Hall–Kier alpha value is -0.420. The third kappa shape index (κ3) is 3.94. The van der Waals surface area contributed by atoms with E-state index in [1.165, 1.54) is 12.0 Å². The molecular weight excluding hydrogens is 388 g/mol. The van der Waals surface area contributed by atoms with E-state index in [9.17, 15) is 20.4 Å². The van der Waals surface area contributed by atoms with Gasteiger partial charge in [0, 0.05) is 6.61 Å². The highest BCUT2D eigenvalue weighted by Gasteiger charge is 2.62. The van der Waals surface area contributed by atoms with E-state index in [0.717, 1.165) is 44.9 Å². The molecule has 11 atom stereocenters. The lowest BCUT2D eigenvalue weighted by Crippen LogP contribution is -2.51. The Morgan fingerprint density at radius 2 is 1.81 bits per heavy atom. The number of fused-ring (bicyclic) bond motifs is 5. The maximum absolute atomic E-state index is 11.2. The molecule has 0 radical (unpaired) electrons. The Morgan fingerprint density at radius 3 is 2.52 bits per heavy atom. The van der Waals surface area contributed by atoms with Crippen molar-refractivity contribution in [2.75, 3.05) is 6.61 Å². The fourth-order valence-electron chi connectivity index (χ4n) is 8.69. The van der Waals surface area contributed by atoms with Gasteiger partial charge in [0.2, 0.25) is 0 Å². The van der Waals surface area contributed by atoms with Crippen LogP contribution in [0.25, 0.3) is 0 Å². The van der Waals surface area contributed by atoms with Crippen LogP contribution in [0.3, 0.4) is 0 Å². The first-order valence-corrected chi connectivity index (χ1v) is 13.0. The summed E-state index contributed by atoms with van der Waals surface area (Å²) in [7, 11) is 0. The number of aliphatic hydroxyl groups is 4. The normalized spacial score (nSPS) is 47.5. The molecule has 4 heteroatoms. The third-order valence-electron chi connectivity index (χ3n) is 10.6. The lowest BCUT2D eigenvalue weighted by Gasteiger charge is -2.58. The average Bonchev–Trinajstić information content (AvgIpc) is 3.01. The molecule has 4 rings (SSSR count). The summed E-state index contributed by atoms with van der Waals surface area (Å²) in [6.07, 6.45) is 10.2. The zero-order chi connectivity index (χ0) is 22.6. The van der Waals surface area contributed by atoms with E-state index in [-0.39, 0.29) is 47.4 Å². The predicted octanol–water partition coefficient (Wildman–Crippen LogP) is 4.30. The lowest BCUT2D eigenvalue weighted by molar-refractivity contribution is -0.0770. The monoisotopic (exact) mass is 434 g/mol. The Bertz CT molecular complexity index is 676. The molecule has 0 bridgehead atoms. The maximum Gasteiger partial charge on any atom is 0.0580 e. The second-order valence-electron chi connectivity index (χ2n) is 12.3. The van der Waals surface area contributed by atoms with Crippen LogP contribution in [0.5, 0.6) is 0 Å². The molecule has 4 N–H and O–H groups in total. The molecule has 3 saturated carbocycles. The molecule has 1 unspecified atom stereocenters. The number of allylic oxidation sites excluding steroid dienone is 1. The van der Waals surface area contributed by atoms with Crippen LogP contribution in [0.1, 0.15) is 85.5 Å². The first-order chi connectivity index (χ1) is 14.6. The van der Waals surface area contributed by atoms with Crippen LogP contribution in [0, 0.1) is 46.3 Å². The smallest absolute Gasteiger partial charge is 0.0580 e. The Morgan fingerprint density at radius 1 is 1.06 bits per heavy atom. The van der Waals surface area contributed by atoms with E-state index in [0.29, 0.717) is 24.2 Å². The number of aliphatic hydroxyl groups excluding tert-OH is 4. The van der Waals surface area contributed by atoms with Crippen molar-refractivity contribution in [1.29, 1.82) is 0 Å². The molecule has 178 valence electrons. The Kier molecular flexibility index (Phi) is 6.69. The van der Waals surface area contributed by atoms with Crippen LogP contribution >= 0.6 is 0 Å². The highest BCUT2D eigenvalue weighted by Crippen LogP contribution is 2.67. The summed E-state index contributed by atoms with van der Waals surface area (Å²) in [6.45, 7) is 9.18. The summed E-state index contributed by atoms with van der Waals surface area (Å²) in [5, 5.41) is 41.8. The molecule has 4 aliphatic carbocycles. The van der Waals surface area contributed by atoms with Crippen molar-refractivity contribution >= 4 is 0 Å². The molecule has 0 saturated heterocycles. The van der Waals surface area contributed by atoms with E-state index < -0.39 is 6.10 Å². The van der Waals surface area contributed by atoms with E-state index >= 15 is 0 Å². The zero-order valence-corrected chi connectivity index (χ0v) is 20.1. The molecule has 0 heterocycles. The molecule has 0 aromatic heterocycles. The van der Waals surface area contributed by atoms with Crippen molar-refractivity contribution in [2.24, 2.45) is 46.3 Å². The van der Waals surface area contributed by atoms with Gasteiger partial charge < -0.3 is 20.4 Å². The van der Waals surface area contributed by atoms with Crippen LogP contribution < -0.4 is 0 Å². The van der Waals surface area contributed by atoms with Crippen molar-refractivity contribution in [3.63, 3.8) is 0 Å². The number of hydrogen-bond acceptors (Lipinski definition) is 4. The van der Waals surface area contributed by atoms with Crippen LogP contribution in [-0.2, 0) is 0 Å². The fraction of sp³-hybridized carbons (Fsp3) is 0.926. The SMILES string of the molecule is CC(CO)CC[C@@H](O)[C@@H](C)[C@H]1[C@H](O)C[C@H]2[C@@H]3CC=C4C[C@@H](O)CC[C@]4(C)[C@H]3CC[C@]12C. The minimum atomic E-state index is -0.419. The van der Waals surface area contributed by atoms with Gasteiger partial charge in [-0.05, 0) is 104 Å². The molecule has 0 amide bonds. The van der Waals surface area contributed by atoms with Crippen molar-refractivity contribution in [3.05, 3.63) is 11.6 Å². The molecular formula is C27H46O4. The first kappa shape index (κ1) is 23.7. The van der Waals surface area contributed by atoms with Crippen LogP contribution in [0.15, 0.2) is 11.6 Å². The minimum absolute atomic E-state index is 0.0718. The third-order valence-corrected chi connectivity index (χ3v) is 10.6. The topological polar surface area (TPSA) is 80.9 Å². The van der Waals surface area contributed by atoms with Gasteiger partial charge in [0.25, 0.3) is 0 Å². The molecule has 0 aromatic rings. The first-order valence-electron chi connectivity index (χ1n) is 13.0. The van der Waals surface area contributed by atoms with Gasteiger partial charge in [-0.3, -0.25) is 0 Å². The van der Waals surface area contributed by atoms with Crippen molar-refractivity contribution in [2.45, 2.75) is 104 Å². The van der Waals surface area contributed by atoms with E-state index in [1.54, 1.807) is 0 Å². The molecule has 4 nitrogen and oxygen atoms in total. The summed E-state index contributed by atoms with van der Waals surface area (Å²) in [5.74, 6) is 2.22. The van der Waals surface area contributed by atoms with Crippen LogP contribution in [0.2, 0.25) is 0 Å². The van der Waals surface area contributed by atoms with Gasteiger partial charge in [0.05, 0.1) is 18.3 Å². The summed E-state index contributed by atoms with van der Waals surface area (Å²) in [5.41, 5.74) is 1.80. The predicted molar refractivity (Wildman–Crippen MR) is 123 cm³/mol. The van der Waals surface area contributed by atoms with Gasteiger partial charge >= 0.3 is 0 Å². The zero-order valence-electron chi connectivity index (χ0n) is 20.1. The van der Waals surface area contributed by atoms with Crippen LogP contribution in [0.4, 0.5) is 0 Å². The molecule has 4 aliphatic rings. The summed E-state index contributed by atoms with van der Waals surface area (Å²) >= 11 is 0. The lowest BCUT2D eigenvalue weighted by atomic mass is 9.47.